The number of morpholine rings is 1. The summed E-state index contributed by atoms with van der Waals surface area (Å²) in [6, 6.07) is -11.3. The molecule has 4 aliphatic heterocycles. The van der Waals surface area contributed by atoms with Crippen molar-refractivity contribution in [2.24, 2.45) is 41.4 Å². The molecule has 0 aromatic carbocycles. The predicted octanol–water partition coefficient (Wildman–Crippen LogP) is 6.35. The summed E-state index contributed by atoms with van der Waals surface area (Å²) in [6.45, 7) is 7.54. The molecule has 34 heteroatoms. The molecule has 2 bridgehead atoms. The number of carbonyl (C=O) groups is 12. The zero-order valence-corrected chi connectivity index (χ0v) is 66.5. The van der Waals surface area contributed by atoms with Gasteiger partial charge >= 0.3 is 12.4 Å². The van der Waals surface area contributed by atoms with Gasteiger partial charge in [0.2, 0.25) is 70.9 Å². The van der Waals surface area contributed by atoms with Gasteiger partial charge in [0.15, 0.2) is 0 Å². The van der Waals surface area contributed by atoms with Gasteiger partial charge in [-0.1, -0.05) is 59.8 Å². The quantitative estimate of drug-likeness (QED) is 0.170. The molecule has 0 aromatic heterocycles. The van der Waals surface area contributed by atoms with Crippen molar-refractivity contribution in [1.29, 1.82) is 0 Å². The Bertz CT molecular complexity index is 3270. The average molecular weight is 1590 g/mol. The largest absolute Gasteiger partial charge is 0.397 e. The standard InChI is InChI=1S/C77H120F8N12O14/c1-12-46(5)64-72(107)90(7)44-62(100)91(8)55-22-15-14-18-31-96(71(55)106)59(39-47-23-26-50(27-24-47)76(80,81)82)69(104)89(6)43-60(98)86-54(28-25-48-37-52(78)63(53(79)38-48)77(83,84)85)68(103)97-42-51(111-13-2)40-57(97)67(102)88-75(29-19-30-75)74(109)94(11)65(49-20-16-17-21-49)73(108)93(10)58(70(105)95-32-34-110-35-33-95)41-61(99)92(9)56(36-45(3)4)66(101)87-64/h45-59,63-65H,12-44H2,1-11H3,(H,86,98)(H,87,101)(H,88,102)/t46-,47?,48?,50?,51-,52?,53?,54+,55+,56+,57+,58+,59+,63?,64+,65+/m1/s1. The van der Waals surface area contributed by atoms with E-state index in [2.05, 4.69) is 16.0 Å². The number of nitrogens with one attached hydrogen (secondary N) is 3. The van der Waals surface area contributed by atoms with Crippen molar-refractivity contribution in [3.8, 4) is 0 Å². The molecular formula is C77H120F8N12O14. The van der Waals surface area contributed by atoms with Crippen molar-refractivity contribution in [1.82, 2.24) is 60.0 Å². The molecule has 1 spiro atoms. The van der Waals surface area contributed by atoms with Gasteiger partial charge in [-0.25, -0.2) is 8.78 Å². The van der Waals surface area contributed by atoms with Gasteiger partial charge in [0.25, 0.3) is 0 Å². The Balaban J connectivity index is 1.21. The minimum absolute atomic E-state index is 0.00760. The minimum Gasteiger partial charge on any atom is -0.378 e. The first-order chi connectivity index (χ1) is 52.2. The van der Waals surface area contributed by atoms with Crippen molar-refractivity contribution in [3.05, 3.63) is 0 Å². The SMILES string of the molecule is CCO[C@@H]1C[C@H]2C(=O)NC3(CCC3)C(=O)N(C)[C@@H](C3CCCC3)C(=O)N(C)[C@H](C(=O)N3CCOCC3)CC(=O)N(C)[C@@H](CC(C)C)C(=O)N[C@@H]([C@H](C)CC)C(=O)N(C)CC(=O)N(C)[C@H]3CCCCCN(C3=O)[C@@H](CC3CCC(C(F)(F)F)CC3)C(=O)N(C)CC(=O)N[C@@H](CCC3CC(F)C(C(F)(F)F)C(F)C3)C(=O)N2C1. The molecule has 12 atom stereocenters. The Labute approximate surface area is 646 Å². The van der Waals surface area contributed by atoms with E-state index in [0.717, 1.165) is 24.5 Å². The van der Waals surface area contributed by atoms with Crippen LogP contribution >= 0.6 is 0 Å². The van der Waals surface area contributed by atoms with Crippen LogP contribution in [0.4, 0.5) is 35.1 Å². The molecular weight excluding hydrogens is 1470 g/mol. The highest BCUT2D eigenvalue weighted by atomic mass is 19.4. The van der Waals surface area contributed by atoms with E-state index in [9.17, 15) is 40.7 Å². The summed E-state index contributed by atoms with van der Waals surface area (Å²) in [5.41, 5.74) is -1.70. The molecule has 0 radical (unpaired) electrons. The van der Waals surface area contributed by atoms with Crippen molar-refractivity contribution >= 4 is 70.9 Å². The summed E-state index contributed by atoms with van der Waals surface area (Å²) in [5, 5.41) is 8.47. The Kier molecular flexibility index (Phi) is 31.4. The van der Waals surface area contributed by atoms with Gasteiger partial charge in [-0.15, -0.1) is 0 Å². The number of hydrogen-bond acceptors (Lipinski definition) is 14. The molecule has 2 unspecified atom stereocenters. The summed E-state index contributed by atoms with van der Waals surface area (Å²) in [7, 11) is 8.11. The van der Waals surface area contributed by atoms with Crippen LogP contribution in [0.25, 0.3) is 0 Å². The Hall–Kier alpha value is -7.00. The molecule has 0 aromatic rings. The van der Waals surface area contributed by atoms with Crippen LogP contribution in [0.15, 0.2) is 0 Å². The van der Waals surface area contributed by atoms with E-state index in [1.165, 1.54) is 61.9 Å². The minimum atomic E-state index is -5.22. The lowest BCUT2D eigenvalue weighted by Gasteiger charge is -2.47. The lowest BCUT2D eigenvalue weighted by atomic mass is 9.74. The fourth-order valence-corrected chi connectivity index (χ4v) is 18.0. The van der Waals surface area contributed by atoms with Crippen LogP contribution in [0.5, 0.6) is 0 Å². The molecule has 26 nitrogen and oxygen atoms in total. The van der Waals surface area contributed by atoms with Crippen LogP contribution < -0.4 is 16.0 Å². The van der Waals surface area contributed by atoms with Gasteiger partial charge in [-0.2, -0.15) is 26.3 Å². The highest BCUT2D eigenvalue weighted by Gasteiger charge is 2.56. The first-order valence-corrected chi connectivity index (χ1v) is 40.2. The normalized spacial score (nSPS) is 32.2. The number of rotatable bonds is 13. The third kappa shape index (κ3) is 21.9. The molecule has 3 N–H and O–H groups in total. The molecule has 4 saturated carbocycles. The molecule has 628 valence electrons. The third-order valence-electron chi connectivity index (χ3n) is 25.1. The lowest BCUT2D eigenvalue weighted by molar-refractivity contribution is -0.219. The third-order valence-corrected chi connectivity index (χ3v) is 25.1. The van der Waals surface area contributed by atoms with E-state index in [0.29, 0.717) is 57.8 Å². The second-order valence-electron chi connectivity index (χ2n) is 33.2. The molecule has 4 saturated heterocycles. The number of carbonyl (C=O) groups excluding carboxylic acids is 12. The van der Waals surface area contributed by atoms with Gasteiger partial charge in [0.05, 0.1) is 44.7 Å². The number of fused-ring (bicyclic) bond motifs is 3. The molecule has 4 aliphatic carbocycles. The zero-order valence-electron chi connectivity index (χ0n) is 66.5. The summed E-state index contributed by atoms with van der Waals surface area (Å²) in [4.78, 5) is 194. The fraction of sp³-hybridized carbons (Fsp3) is 0.844. The van der Waals surface area contributed by atoms with Crippen LogP contribution in [0.3, 0.4) is 0 Å². The smallest absolute Gasteiger partial charge is 0.378 e. The Morgan fingerprint density at radius 1 is 0.595 bits per heavy atom. The molecule has 12 amide bonds. The first kappa shape index (κ1) is 89.5. The van der Waals surface area contributed by atoms with Gasteiger partial charge in [-0.3, -0.25) is 57.5 Å². The second kappa shape index (κ2) is 38.9. The molecule has 8 fully saturated rings. The van der Waals surface area contributed by atoms with Crippen molar-refractivity contribution in [3.63, 3.8) is 0 Å². The Morgan fingerprint density at radius 2 is 1.22 bits per heavy atom. The summed E-state index contributed by atoms with van der Waals surface area (Å²) >= 11 is 0. The van der Waals surface area contributed by atoms with Crippen LogP contribution in [0, 0.1) is 41.4 Å². The van der Waals surface area contributed by atoms with E-state index in [1.807, 2.05) is 13.8 Å². The maximum Gasteiger partial charge on any atom is 0.397 e. The lowest BCUT2D eigenvalue weighted by Crippen LogP contribution is -2.68. The maximum atomic E-state index is 15.7. The maximum absolute atomic E-state index is 15.7. The number of nitrogens with zero attached hydrogens (tertiary/aromatic N) is 9. The van der Waals surface area contributed by atoms with Crippen LogP contribution in [0.1, 0.15) is 189 Å². The van der Waals surface area contributed by atoms with Crippen LogP contribution in [0.2, 0.25) is 0 Å². The van der Waals surface area contributed by atoms with Crippen molar-refractivity contribution < 1.29 is 102 Å². The molecule has 4 heterocycles. The second-order valence-corrected chi connectivity index (χ2v) is 33.2. The van der Waals surface area contributed by atoms with Gasteiger partial charge < -0.3 is 69.5 Å². The summed E-state index contributed by atoms with van der Waals surface area (Å²) < 4.78 is 127. The van der Waals surface area contributed by atoms with Gasteiger partial charge in [0.1, 0.15) is 72.1 Å². The summed E-state index contributed by atoms with van der Waals surface area (Å²) in [6.07, 6.45) is -15.2. The molecule has 111 heavy (non-hydrogen) atoms. The number of likely N-dealkylation sites (N-methyl/N-ethyl adjacent to an activating group) is 6. The van der Waals surface area contributed by atoms with E-state index in [4.69, 9.17) is 9.47 Å². The number of hydrogen-bond donors (Lipinski definition) is 3. The number of amides is 12. The van der Waals surface area contributed by atoms with E-state index < -0.39 is 230 Å². The summed E-state index contributed by atoms with van der Waals surface area (Å²) in [5.74, 6) is -16.8. The van der Waals surface area contributed by atoms with Crippen LogP contribution in [-0.2, 0) is 67.0 Å². The highest BCUT2D eigenvalue weighted by molar-refractivity contribution is 6.01. The molecule has 8 rings (SSSR count). The van der Waals surface area contributed by atoms with Crippen molar-refractivity contribution in [2.45, 2.75) is 273 Å². The fourth-order valence-electron chi connectivity index (χ4n) is 18.0. The zero-order chi connectivity index (χ0) is 81.9. The topological polar surface area (TPSA) is 289 Å². The van der Waals surface area contributed by atoms with Gasteiger partial charge in [0, 0.05) is 81.5 Å². The number of alkyl halides is 8. The van der Waals surface area contributed by atoms with Crippen molar-refractivity contribution in [2.75, 3.05) is 101 Å². The Morgan fingerprint density at radius 3 is 1.79 bits per heavy atom. The number of ether oxygens (including phenoxy) is 2. The molecule has 8 aliphatic rings. The van der Waals surface area contributed by atoms with Crippen LogP contribution in [-0.4, -0.2) is 301 Å². The number of halogens is 8. The van der Waals surface area contributed by atoms with E-state index >= 15 is 51.9 Å². The first-order valence-electron chi connectivity index (χ1n) is 40.2. The van der Waals surface area contributed by atoms with Gasteiger partial charge in [-0.05, 0) is 146 Å². The van der Waals surface area contributed by atoms with E-state index in [1.54, 1.807) is 20.8 Å². The highest BCUT2D eigenvalue weighted by Crippen LogP contribution is 2.46. The predicted molar refractivity (Wildman–Crippen MR) is 390 cm³/mol. The van der Waals surface area contributed by atoms with E-state index in [-0.39, 0.29) is 123 Å². The monoisotopic (exact) mass is 1590 g/mol. The average Bonchev–Trinajstić information content (AvgIpc) is 1.70.